The lowest BCUT2D eigenvalue weighted by Gasteiger charge is -2.22. The second-order valence-corrected chi connectivity index (χ2v) is 9.84. The van der Waals surface area contributed by atoms with Crippen molar-refractivity contribution >= 4 is 0 Å². The minimum Gasteiger partial charge on any atom is -0.396 e. The summed E-state index contributed by atoms with van der Waals surface area (Å²) in [7, 11) is 0. The first kappa shape index (κ1) is 30.9. The lowest BCUT2D eigenvalue weighted by Crippen LogP contribution is -2.27. The van der Waals surface area contributed by atoms with E-state index in [2.05, 4.69) is 25.7 Å². The van der Waals surface area contributed by atoms with E-state index in [1.165, 1.54) is 116 Å². The quantitative estimate of drug-likeness (QED) is 0.138. The smallest absolute Gasteiger partial charge is 0.0491 e. The first-order valence-electron chi connectivity index (χ1n) is 14.2. The normalized spacial score (nSPS) is 12.7. The fraction of sp³-hybridized carbons (Fsp3) is 1.00. The molecule has 0 spiro atoms. The molecular weight excluding hydrogens is 382 g/mol. The second kappa shape index (κ2) is 26.1. The van der Waals surface area contributed by atoms with E-state index in [9.17, 15) is 0 Å². The fourth-order valence-electron chi connectivity index (χ4n) is 4.26. The molecule has 31 heavy (non-hydrogen) atoms. The van der Waals surface area contributed by atoms with Crippen molar-refractivity contribution in [1.82, 2.24) is 4.90 Å². The molecular formula is C28H59NO2. The number of aliphatic hydroxyl groups excluding tert-OH is 1. The zero-order valence-corrected chi connectivity index (χ0v) is 21.9. The molecule has 0 saturated carbocycles. The summed E-state index contributed by atoms with van der Waals surface area (Å²) in [5.74, 6) is 0.718. The molecule has 1 N–H and O–H groups in total. The van der Waals surface area contributed by atoms with Crippen LogP contribution < -0.4 is 0 Å². The summed E-state index contributed by atoms with van der Waals surface area (Å²) in [6.07, 6.45) is 23.7. The van der Waals surface area contributed by atoms with Gasteiger partial charge < -0.3 is 14.7 Å². The van der Waals surface area contributed by atoms with E-state index in [0.29, 0.717) is 6.61 Å². The standard InChI is InChI=1S/C28H59NO2/c1-4-6-8-10-11-12-15-21-28(3)27-31-26-20-14-13-17-23-29(24-18-19-25-30)22-16-9-7-5-2/h28,30H,4-27H2,1-3H3. The number of nitrogens with zero attached hydrogens (tertiary/aromatic N) is 1. The number of unbranched alkanes of at least 4 members (excludes halogenated alkanes) is 13. The van der Waals surface area contributed by atoms with Crippen LogP contribution in [0.5, 0.6) is 0 Å². The molecule has 0 aliphatic heterocycles. The first-order chi connectivity index (χ1) is 15.2. The van der Waals surface area contributed by atoms with Gasteiger partial charge >= 0.3 is 0 Å². The van der Waals surface area contributed by atoms with Crippen molar-refractivity contribution in [2.45, 2.75) is 136 Å². The molecule has 1 atom stereocenters. The third-order valence-electron chi connectivity index (χ3n) is 6.43. The predicted molar refractivity (Wildman–Crippen MR) is 138 cm³/mol. The van der Waals surface area contributed by atoms with E-state index < -0.39 is 0 Å². The van der Waals surface area contributed by atoms with Crippen molar-refractivity contribution < 1.29 is 9.84 Å². The van der Waals surface area contributed by atoms with Gasteiger partial charge in [-0.2, -0.15) is 0 Å². The molecule has 0 fully saturated rings. The molecule has 0 aromatic heterocycles. The Morgan fingerprint density at radius 3 is 1.71 bits per heavy atom. The van der Waals surface area contributed by atoms with Gasteiger partial charge in [-0.15, -0.1) is 0 Å². The van der Waals surface area contributed by atoms with Gasteiger partial charge in [-0.1, -0.05) is 97.8 Å². The highest BCUT2D eigenvalue weighted by molar-refractivity contribution is 4.60. The van der Waals surface area contributed by atoms with Gasteiger partial charge in [-0.3, -0.25) is 0 Å². The minimum absolute atomic E-state index is 0.335. The van der Waals surface area contributed by atoms with Gasteiger partial charge in [0.1, 0.15) is 0 Å². The summed E-state index contributed by atoms with van der Waals surface area (Å²) in [5, 5.41) is 9.04. The summed E-state index contributed by atoms with van der Waals surface area (Å²) in [6, 6.07) is 0. The third kappa shape index (κ3) is 24.4. The first-order valence-corrected chi connectivity index (χ1v) is 14.2. The molecule has 0 aromatic carbocycles. The van der Waals surface area contributed by atoms with Gasteiger partial charge in [-0.05, 0) is 64.1 Å². The van der Waals surface area contributed by atoms with Crippen LogP contribution in [0.2, 0.25) is 0 Å². The van der Waals surface area contributed by atoms with Crippen molar-refractivity contribution in [2.75, 3.05) is 39.5 Å². The van der Waals surface area contributed by atoms with Gasteiger partial charge in [0.25, 0.3) is 0 Å². The number of hydrogen-bond donors (Lipinski definition) is 1. The molecule has 0 aromatic rings. The minimum atomic E-state index is 0.335. The molecule has 0 rings (SSSR count). The fourth-order valence-corrected chi connectivity index (χ4v) is 4.26. The molecule has 0 aliphatic rings. The van der Waals surface area contributed by atoms with Gasteiger partial charge in [0.2, 0.25) is 0 Å². The zero-order chi connectivity index (χ0) is 22.8. The van der Waals surface area contributed by atoms with Crippen LogP contribution in [-0.4, -0.2) is 49.5 Å². The predicted octanol–water partition coefficient (Wildman–Crippen LogP) is 8.00. The Morgan fingerprint density at radius 1 is 0.613 bits per heavy atom. The van der Waals surface area contributed by atoms with Crippen LogP contribution in [0.1, 0.15) is 136 Å². The number of aliphatic hydroxyl groups is 1. The molecule has 0 saturated heterocycles. The second-order valence-electron chi connectivity index (χ2n) is 9.84. The Hall–Kier alpha value is -0.120. The maximum Gasteiger partial charge on any atom is 0.0491 e. The molecule has 0 radical (unpaired) electrons. The van der Waals surface area contributed by atoms with E-state index >= 15 is 0 Å². The number of ether oxygens (including phenoxy) is 1. The SMILES string of the molecule is CCCCCCCCCC(C)COCCCCCCN(CCCCO)CCCCCC. The van der Waals surface area contributed by atoms with Crippen LogP contribution in [0.3, 0.4) is 0 Å². The highest BCUT2D eigenvalue weighted by Gasteiger charge is 2.05. The van der Waals surface area contributed by atoms with Gasteiger partial charge in [0.15, 0.2) is 0 Å². The molecule has 0 heterocycles. The Bertz CT molecular complexity index is 324. The van der Waals surface area contributed by atoms with Crippen LogP contribution in [0.15, 0.2) is 0 Å². The highest BCUT2D eigenvalue weighted by Crippen LogP contribution is 2.13. The number of rotatable bonds is 26. The van der Waals surface area contributed by atoms with Crippen molar-refractivity contribution in [3.05, 3.63) is 0 Å². The molecule has 3 nitrogen and oxygen atoms in total. The van der Waals surface area contributed by atoms with Crippen LogP contribution in [0.4, 0.5) is 0 Å². The van der Waals surface area contributed by atoms with E-state index in [0.717, 1.165) is 38.5 Å². The monoisotopic (exact) mass is 441 g/mol. The molecule has 0 aliphatic carbocycles. The average molecular weight is 442 g/mol. The van der Waals surface area contributed by atoms with Crippen LogP contribution >= 0.6 is 0 Å². The van der Waals surface area contributed by atoms with E-state index in [-0.39, 0.29) is 0 Å². The number of hydrogen-bond acceptors (Lipinski definition) is 3. The summed E-state index contributed by atoms with van der Waals surface area (Å²) >= 11 is 0. The van der Waals surface area contributed by atoms with Gasteiger partial charge in [0.05, 0.1) is 0 Å². The molecule has 0 amide bonds. The summed E-state index contributed by atoms with van der Waals surface area (Å²) in [6.45, 7) is 12.8. The summed E-state index contributed by atoms with van der Waals surface area (Å²) in [4.78, 5) is 2.63. The lowest BCUT2D eigenvalue weighted by atomic mass is 10.0. The Balaban J connectivity index is 3.53. The average Bonchev–Trinajstić information content (AvgIpc) is 2.77. The molecule has 0 bridgehead atoms. The van der Waals surface area contributed by atoms with Crippen molar-refractivity contribution in [1.29, 1.82) is 0 Å². The van der Waals surface area contributed by atoms with Crippen LogP contribution in [0, 0.1) is 5.92 Å². The van der Waals surface area contributed by atoms with E-state index in [1.807, 2.05) is 0 Å². The summed E-state index contributed by atoms with van der Waals surface area (Å²) < 4.78 is 5.94. The Labute approximate surface area is 196 Å². The third-order valence-corrected chi connectivity index (χ3v) is 6.43. The molecule has 188 valence electrons. The van der Waals surface area contributed by atoms with Gasteiger partial charge in [-0.25, -0.2) is 0 Å². The topological polar surface area (TPSA) is 32.7 Å². The lowest BCUT2D eigenvalue weighted by molar-refractivity contribution is 0.0974. The maximum absolute atomic E-state index is 9.04. The Morgan fingerprint density at radius 2 is 1.10 bits per heavy atom. The van der Waals surface area contributed by atoms with Crippen molar-refractivity contribution in [2.24, 2.45) is 5.92 Å². The van der Waals surface area contributed by atoms with Crippen LogP contribution in [-0.2, 0) is 4.74 Å². The largest absolute Gasteiger partial charge is 0.396 e. The zero-order valence-electron chi connectivity index (χ0n) is 21.9. The van der Waals surface area contributed by atoms with Crippen molar-refractivity contribution in [3.8, 4) is 0 Å². The van der Waals surface area contributed by atoms with Crippen molar-refractivity contribution in [3.63, 3.8) is 0 Å². The van der Waals surface area contributed by atoms with Gasteiger partial charge in [0, 0.05) is 19.8 Å². The maximum atomic E-state index is 9.04. The Kier molecular flexibility index (Phi) is 26.0. The van der Waals surface area contributed by atoms with E-state index in [4.69, 9.17) is 9.84 Å². The molecule has 3 heteroatoms. The highest BCUT2D eigenvalue weighted by atomic mass is 16.5. The van der Waals surface area contributed by atoms with Crippen LogP contribution in [0.25, 0.3) is 0 Å². The van der Waals surface area contributed by atoms with E-state index in [1.54, 1.807) is 0 Å². The summed E-state index contributed by atoms with van der Waals surface area (Å²) in [5.41, 5.74) is 0. The molecule has 1 unspecified atom stereocenters.